The van der Waals surface area contributed by atoms with Gasteiger partial charge in [-0.15, -0.1) is 0 Å². The van der Waals surface area contributed by atoms with Crippen molar-refractivity contribution in [2.24, 2.45) is 0 Å². The topological polar surface area (TPSA) is 73.2 Å². The molecule has 0 spiro atoms. The van der Waals surface area contributed by atoms with Gasteiger partial charge in [-0.3, -0.25) is 9.48 Å². The van der Waals surface area contributed by atoms with Crippen molar-refractivity contribution in [1.29, 1.82) is 0 Å². The number of anilines is 1. The Morgan fingerprint density at radius 1 is 1.32 bits per heavy atom. The lowest BCUT2D eigenvalue weighted by molar-refractivity contribution is 0.0527. The van der Waals surface area contributed by atoms with Crippen molar-refractivity contribution >= 4 is 29.2 Å². The predicted octanol–water partition coefficient (Wildman–Crippen LogP) is 2.99. The van der Waals surface area contributed by atoms with E-state index in [0.29, 0.717) is 12.2 Å². The number of para-hydroxylation sites is 1. The Bertz CT molecular complexity index is 697. The molecule has 0 saturated heterocycles. The number of benzene rings is 1. The highest BCUT2D eigenvalue weighted by Gasteiger charge is 2.19. The van der Waals surface area contributed by atoms with Crippen LogP contribution < -0.4 is 5.32 Å². The fourth-order valence-corrected chi connectivity index (χ4v) is 2.22. The Kier molecular flexibility index (Phi) is 5.16. The third-order valence-corrected chi connectivity index (χ3v) is 3.26. The molecule has 1 heterocycles. The average Bonchev–Trinajstić information content (AvgIpc) is 2.89. The van der Waals surface area contributed by atoms with Gasteiger partial charge in [-0.2, -0.15) is 5.10 Å². The minimum absolute atomic E-state index is 0.253. The Balaban J connectivity index is 2.29. The second-order valence-electron chi connectivity index (χ2n) is 4.38. The van der Waals surface area contributed by atoms with Gasteiger partial charge in [0, 0.05) is 6.54 Å². The number of halogens is 1. The molecule has 0 aliphatic rings. The van der Waals surface area contributed by atoms with Gasteiger partial charge in [0.05, 0.1) is 29.1 Å². The van der Waals surface area contributed by atoms with Crippen molar-refractivity contribution in [3.8, 4) is 0 Å². The van der Waals surface area contributed by atoms with Gasteiger partial charge in [0.1, 0.15) is 5.69 Å². The minimum Gasteiger partial charge on any atom is -0.462 e. The molecule has 2 rings (SSSR count). The van der Waals surface area contributed by atoms with Gasteiger partial charge in [-0.25, -0.2) is 4.79 Å². The molecule has 0 aliphatic heterocycles. The first-order valence-corrected chi connectivity index (χ1v) is 7.25. The maximum atomic E-state index is 12.4. The van der Waals surface area contributed by atoms with Gasteiger partial charge in [-0.1, -0.05) is 23.7 Å². The maximum absolute atomic E-state index is 12.4. The molecule has 1 aromatic heterocycles. The van der Waals surface area contributed by atoms with Crippen LogP contribution in [0.4, 0.5) is 5.69 Å². The molecule has 0 radical (unpaired) electrons. The van der Waals surface area contributed by atoms with Gasteiger partial charge in [0.25, 0.3) is 5.91 Å². The molecule has 2 aromatic rings. The van der Waals surface area contributed by atoms with E-state index in [0.717, 1.165) is 0 Å². The fourth-order valence-electron chi connectivity index (χ4n) is 1.99. The summed E-state index contributed by atoms with van der Waals surface area (Å²) in [6.45, 7) is 4.34. The SMILES string of the molecule is CCOC(=O)c1ccccc1NC(=O)c1c(Cl)cnn1CC. The van der Waals surface area contributed by atoms with Crippen LogP contribution in [0.5, 0.6) is 0 Å². The summed E-state index contributed by atoms with van der Waals surface area (Å²) in [5, 5.41) is 6.96. The number of carbonyl (C=O) groups is 2. The zero-order valence-corrected chi connectivity index (χ0v) is 13.1. The summed E-state index contributed by atoms with van der Waals surface area (Å²) in [6.07, 6.45) is 1.41. The molecule has 116 valence electrons. The third-order valence-electron chi connectivity index (χ3n) is 2.98. The normalized spacial score (nSPS) is 10.3. The van der Waals surface area contributed by atoms with Crippen LogP contribution in [-0.2, 0) is 11.3 Å². The van der Waals surface area contributed by atoms with Crippen molar-refractivity contribution in [3.05, 3.63) is 46.7 Å². The lowest BCUT2D eigenvalue weighted by atomic mass is 10.1. The van der Waals surface area contributed by atoms with Crippen LogP contribution in [0.25, 0.3) is 0 Å². The van der Waals surface area contributed by atoms with E-state index in [1.807, 2.05) is 6.92 Å². The summed E-state index contributed by atoms with van der Waals surface area (Å²) < 4.78 is 6.47. The van der Waals surface area contributed by atoms with E-state index in [-0.39, 0.29) is 22.9 Å². The number of aryl methyl sites for hydroxylation is 1. The van der Waals surface area contributed by atoms with Crippen molar-refractivity contribution < 1.29 is 14.3 Å². The second-order valence-corrected chi connectivity index (χ2v) is 4.78. The van der Waals surface area contributed by atoms with Crippen LogP contribution in [-0.4, -0.2) is 28.3 Å². The first kappa shape index (κ1) is 16.0. The molecule has 22 heavy (non-hydrogen) atoms. The number of carbonyl (C=O) groups excluding carboxylic acids is 2. The van der Waals surface area contributed by atoms with E-state index in [2.05, 4.69) is 10.4 Å². The van der Waals surface area contributed by atoms with Crippen LogP contribution in [0.15, 0.2) is 30.5 Å². The number of aromatic nitrogens is 2. The highest BCUT2D eigenvalue weighted by molar-refractivity contribution is 6.34. The molecule has 0 saturated carbocycles. The highest BCUT2D eigenvalue weighted by atomic mass is 35.5. The summed E-state index contributed by atoms with van der Waals surface area (Å²) in [5.41, 5.74) is 0.907. The fraction of sp³-hybridized carbons (Fsp3) is 0.267. The number of hydrogen-bond donors (Lipinski definition) is 1. The number of nitrogens with zero attached hydrogens (tertiary/aromatic N) is 2. The molecular formula is C15H16ClN3O3. The lowest BCUT2D eigenvalue weighted by Gasteiger charge is -2.11. The molecule has 0 atom stereocenters. The monoisotopic (exact) mass is 321 g/mol. The van der Waals surface area contributed by atoms with Crippen molar-refractivity contribution in [3.63, 3.8) is 0 Å². The standard InChI is InChI=1S/C15H16ClN3O3/c1-3-19-13(11(16)9-17-19)14(20)18-12-8-6-5-7-10(12)15(21)22-4-2/h5-9H,3-4H2,1-2H3,(H,18,20). The van der Waals surface area contributed by atoms with Crippen molar-refractivity contribution in [1.82, 2.24) is 9.78 Å². The molecule has 7 heteroatoms. The summed E-state index contributed by atoms with van der Waals surface area (Å²) in [7, 11) is 0. The van der Waals surface area contributed by atoms with Crippen LogP contribution in [0.3, 0.4) is 0 Å². The van der Waals surface area contributed by atoms with E-state index in [1.54, 1.807) is 31.2 Å². The van der Waals surface area contributed by atoms with E-state index in [4.69, 9.17) is 16.3 Å². The number of rotatable bonds is 5. The van der Waals surface area contributed by atoms with E-state index in [9.17, 15) is 9.59 Å². The first-order valence-electron chi connectivity index (χ1n) is 6.87. The van der Waals surface area contributed by atoms with E-state index >= 15 is 0 Å². The molecule has 0 unspecified atom stereocenters. The quantitative estimate of drug-likeness (QED) is 0.859. The molecular weight excluding hydrogens is 306 g/mol. The van der Waals surface area contributed by atoms with E-state index in [1.165, 1.54) is 10.9 Å². The zero-order valence-electron chi connectivity index (χ0n) is 12.3. The molecule has 1 N–H and O–H groups in total. The number of esters is 1. The molecule has 6 nitrogen and oxygen atoms in total. The average molecular weight is 322 g/mol. The van der Waals surface area contributed by atoms with Crippen molar-refractivity contribution in [2.75, 3.05) is 11.9 Å². The predicted molar refractivity (Wildman–Crippen MR) is 83.3 cm³/mol. The summed E-state index contributed by atoms with van der Waals surface area (Å²) >= 11 is 6.00. The summed E-state index contributed by atoms with van der Waals surface area (Å²) in [4.78, 5) is 24.3. The molecule has 1 amide bonds. The molecule has 1 aromatic carbocycles. The summed E-state index contributed by atoms with van der Waals surface area (Å²) in [6, 6.07) is 6.64. The van der Waals surface area contributed by atoms with Crippen LogP contribution in [0, 0.1) is 0 Å². The molecule has 0 aliphatic carbocycles. The number of amides is 1. The Hall–Kier alpha value is -2.34. The third kappa shape index (κ3) is 3.28. The van der Waals surface area contributed by atoms with Gasteiger partial charge >= 0.3 is 5.97 Å². The first-order chi connectivity index (χ1) is 10.6. The Labute approximate surface area is 133 Å². The maximum Gasteiger partial charge on any atom is 0.340 e. The number of nitrogens with one attached hydrogen (secondary N) is 1. The van der Waals surface area contributed by atoms with Crippen molar-refractivity contribution in [2.45, 2.75) is 20.4 Å². The van der Waals surface area contributed by atoms with E-state index < -0.39 is 11.9 Å². The molecule has 0 fully saturated rings. The smallest absolute Gasteiger partial charge is 0.340 e. The largest absolute Gasteiger partial charge is 0.462 e. The van der Waals surface area contributed by atoms with Crippen LogP contribution in [0.2, 0.25) is 5.02 Å². The number of hydrogen-bond acceptors (Lipinski definition) is 4. The van der Waals surface area contributed by atoms with Gasteiger partial charge < -0.3 is 10.1 Å². The highest BCUT2D eigenvalue weighted by Crippen LogP contribution is 2.20. The Morgan fingerprint density at radius 2 is 2.05 bits per heavy atom. The molecule has 0 bridgehead atoms. The van der Waals surface area contributed by atoms with Gasteiger partial charge in [-0.05, 0) is 26.0 Å². The number of ether oxygens (including phenoxy) is 1. The van der Waals surface area contributed by atoms with Gasteiger partial charge in [0.15, 0.2) is 0 Å². The minimum atomic E-state index is -0.492. The zero-order chi connectivity index (χ0) is 16.1. The van der Waals surface area contributed by atoms with Crippen LogP contribution >= 0.6 is 11.6 Å². The van der Waals surface area contributed by atoms with Gasteiger partial charge in [0.2, 0.25) is 0 Å². The Morgan fingerprint density at radius 3 is 2.73 bits per heavy atom. The van der Waals surface area contributed by atoms with Crippen LogP contribution in [0.1, 0.15) is 34.7 Å². The lowest BCUT2D eigenvalue weighted by Crippen LogP contribution is -2.19. The second kappa shape index (κ2) is 7.09. The summed E-state index contributed by atoms with van der Waals surface area (Å²) in [5.74, 6) is -0.922.